The smallest absolute Gasteiger partial charge is 0.227 e. The maximum absolute atomic E-state index is 12.3. The molecular formula is C17H19N3O2S. The Bertz CT molecular complexity index is 699. The molecule has 1 saturated heterocycles. The largest absolute Gasteiger partial charge is 0.355 e. The molecule has 5 nitrogen and oxygen atoms in total. The number of benzene rings is 1. The summed E-state index contributed by atoms with van der Waals surface area (Å²) < 4.78 is 0. The molecule has 0 spiro atoms. The van der Waals surface area contributed by atoms with E-state index in [0.717, 1.165) is 22.8 Å². The van der Waals surface area contributed by atoms with Crippen LogP contribution in [0.4, 0.5) is 5.69 Å². The van der Waals surface area contributed by atoms with Crippen LogP contribution in [0.3, 0.4) is 0 Å². The average molecular weight is 329 g/mol. The first kappa shape index (κ1) is 15.7. The van der Waals surface area contributed by atoms with E-state index in [1.165, 1.54) is 0 Å². The Hall–Kier alpha value is -2.21. The van der Waals surface area contributed by atoms with Crippen LogP contribution in [0.15, 0.2) is 35.7 Å². The van der Waals surface area contributed by atoms with Crippen molar-refractivity contribution in [1.29, 1.82) is 0 Å². The summed E-state index contributed by atoms with van der Waals surface area (Å²) in [6.45, 7) is 2.97. The standard InChI is InChI=1S/C17H19N3O2S/c1-12-19-14(11-23-12)7-8-18-17(22)13-9-16(21)20(10-13)15-5-3-2-4-6-15/h2-6,11,13H,7-10H2,1H3,(H,18,22)/t13-/m0/s1. The molecule has 2 amide bonds. The normalized spacial score (nSPS) is 17.5. The zero-order chi connectivity index (χ0) is 16.2. The summed E-state index contributed by atoms with van der Waals surface area (Å²) in [5.74, 6) is -0.324. The van der Waals surface area contributed by atoms with E-state index in [0.29, 0.717) is 13.1 Å². The van der Waals surface area contributed by atoms with Crippen LogP contribution in [0.1, 0.15) is 17.1 Å². The van der Waals surface area contributed by atoms with Crippen molar-refractivity contribution in [2.24, 2.45) is 5.92 Å². The van der Waals surface area contributed by atoms with Gasteiger partial charge in [-0.05, 0) is 19.1 Å². The summed E-state index contributed by atoms with van der Waals surface area (Å²) in [6.07, 6.45) is 0.996. The van der Waals surface area contributed by atoms with Gasteiger partial charge in [-0.2, -0.15) is 0 Å². The quantitative estimate of drug-likeness (QED) is 0.914. The van der Waals surface area contributed by atoms with Gasteiger partial charge in [-0.3, -0.25) is 9.59 Å². The second-order valence-corrected chi connectivity index (χ2v) is 6.70. The van der Waals surface area contributed by atoms with E-state index in [4.69, 9.17) is 0 Å². The Kier molecular flexibility index (Phi) is 4.71. The second-order valence-electron chi connectivity index (χ2n) is 5.64. The van der Waals surface area contributed by atoms with Crippen LogP contribution in [0, 0.1) is 12.8 Å². The van der Waals surface area contributed by atoms with Crippen molar-refractivity contribution in [2.45, 2.75) is 19.8 Å². The molecule has 1 atom stereocenters. The predicted molar refractivity (Wildman–Crippen MR) is 90.5 cm³/mol. The number of rotatable bonds is 5. The van der Waals surface area contributed by atoms with Gasteiger partial charge in [0.25, 0.3) is 0 Å². The van der Waals surface area contributed by atoms with E-state index in [9.17, 15) is 9.59 Å². The molecule has 1 N–H and O–H groups in total. The number of nitrogens with one attached hydrogen (secondary N) is 1. The molecule has 0 aliphatic carbocycles. The molecule has 2 aromatic rings. The lowest BCUT2D eigenvalue weighted by atomic mass is 10.1. The van der Waals surface area contributed by atoms with E-state index >= 15 is 0 Å². The molecular weight excluding hydrogens is 310 g/mol. The van der Waals surface area contributed by atoms with Crippen LogP contribution in [0.2, 0.25) is 0 Å². The Morgan fingerprint density at radius 2 is 2.17 bits per heavy atom. The number of aryl methyl sites for hydroxylation is 1. The summed E-state index contributed by atoms with van der Waals surface area (Å²) in [7, 11) is 0. The molecule has 3 rings (SSSR count). The van der Waals surface area contributed by atoms with Gasteiger partial charge in [0.15, 0.2) is 0 Å². The van der Waals surface area contributed by atoms with Crippen molar-refractivity contribution in [3.63, 3.8) is 0 Å². The van der Waals surface area contributed by atoms with E-state index in [1.807, 2.05) is 42.6 Å². The number of hydrogen-bond acceptors (Lipinski definition) is 4. The molecule has 0 radical (unpaired) electrons. The number of para-hydroxylation sites is 1. The zero-order valence-electron chi connectivity index (χ0n) is 13.0. The number of carbonyl (C=O) groups excluding carboxylic acids is 2. The molecule has 0 bridgehead atoms. The number of thiazole rings is 1. The Labute approximate surface area is 139 Å². The molecule has 1 aromatic carbocycles. The number of carbonyl (C=O) groups is 2. The highest BCUT2D eigenvalue weighted by Gasteiger charge is 2.34. The number of amides is 2. The molecule has 0 saturated carbocycles. The highest BCUT2D eigenvalue weighted by Crippen LogP contribution is 2.24. The van der Waals surface area contributed by atoms with Gasteiger partial charge in [-0.25, -0.2) is 4.98 Å². The Balaban J connectivity index is 1.51. The molecule has 23 heavy (non-hydrogen) atoms. The lowest BCUT2D eigenvalue weighted by Gasteiger charge is -2.16. The van der Waals surface area contributed by atoms with Gasteiger partial charge in [0.1, 0.15) is 0 Å². The monoisotopic (exact) mass is 329 g/mol. The molecule has 120 valence electrons. The van der Waals surface area contributed by atoms with Crippen molar-refractivity contribution < 1.29 is 9.59 Å². The third-order valence-electron chi connectivity index (χ3n) is 3.91. The van der Waals surface area contributed by atoms with Gasteiger partial charge in [0, 0.05) is 37.0 Å². The van der Waals surface area contributed by atoms with Gasteiger partial charge in [-0.15, -0.1) is 11.3 Å². The first-order chi connectivity index (χ1) is 11.1. The highest BCUT2D eigenvalue weighted by molar-refractivity contribution is 7.09. The van der Waals surface area contributed by atoms with Crippen LogP contribution >= 0.6 is 11.3 Å². The van der Waals surface area contributed by atoms with Crippen molar-refractivity contribution in [3.8, 4) is 0 Å². The van der Waals surface area contributed by atoms with Gasteiger partial charge >= 0.3 is 0 Å². The molecule has 1 aliphatic rings. The van der Waals surface area contributed by atoms with E-state index in [2.05, 4.69) is 10.3 Å². The van der Waals surface area contributed by atoms with Crippen molar-refractivity contribution >= 4 is 28.8 Å². The zero-order valence-corrected chi connectivity index (χ0v) is 13.8. The van der Waals surface area contributed by atoms with Crippen molar-refractivity contribution in [2.75, 3.05) is 18.0 Å². The summed E-state index contributed by atoms with van der Waals surface area (Å²) in [5.41, 5.74) is 1.85. The lowest BCUT2D eigenvalue weighted by molar-refractivity contribution is -0.126. The fourth-order valence-corrected chi connectivity index (χ4v) is 3.37. The molecule has 2 heterocycles. The SMILES string of the molecule is Cc1nc(CCNC(=O)[C@H]2CC(=O)N(c3ccccc3)C2)cs1. The summed E-state index contributed by atoms with van der Waals surface area (Å²) in [6, 6.07) is 9.48. The first-order valence-electron chi connectivity index (χ1n) is 7.67. The summed E-state index contributed by atoms with van der Waals surface area (Å²) >= 11 is 1.61. The number of hydrogen-bond donors (Lipinski definition) is 1. The van der Waals surface area contributed by atoms with E-state index < -0.39 is 0 Å². The third kappa shape index (κ3) is 3.76. The van der Waals surface area contributed by atoms with E-state index in [-0.39, 0.29) is 24.2 Å². The average Bonchev–Trinajstić information content (AvgIpc) is 3.14. The Morgan fingerprint density at radius 3 is 2.87 bits per heavy atom. The molecule has 1 fully saturated rings. The number of nitrogens with zero attached hydrogens (tertiary/aromatic N) is 2. The Morgan fingerprint density at radius 1 is 1.39 bits per heavy atom. The van der Waals surface area contributed by atoms with Crippen LogP contribution in [-0.2, 0) is 16.0 Å². The minimum absolute atomic E-state index is 0.00600. The summed E-state index contributed by atoms with van der Waals surface area (Å²) in [4.78, 5) is 30.4. The van der Waals surface area contributed by atoms with E-state index in [1.54, 1.807) is 16.2 Å². The van der Waals surface area contributed by atoms with Gasteiger partial charge in [0.05, 0.1) is 16.6 Å². The van der Waals surface area contributed by atoms with Crippen LogP contribution in [0.5, 0.6) is 0 Å². The number of anilines is 1. The molecule has 0 unspecified atom stereocenters. The van der Waals surface area contributed by atoms with Crippen molar-refractivity contribution in [3.05, 3.63) is 46.4 Å². The van der Waals surface area contributed by atoms with Gasteiger partial charge < -0.3 is 10.2 Å². The lowest BCUT2D eigenvalue weighted by Crippen LogP contribution is -2.34. The van der Waals surface area contributed by atoms with Crippen LogP contribution in [0.25, 0.3) is 0 Å². The maximum Gasteiger partial charge on any atom is 0.227 e. The summed E-state index contributed by atoms with van der Waals surface area (Å²) in [5, 5.41) is 5.97. The number of aromatic nitrogens is 1. The van der Waals surface area contributed by atoms with Crippen molar-refractivity contribution in [1.82, 2.24) is 10.3 Å². The fourth-order valence-electron chi connectivity index (χ4n) is 2.72. The first-order valence-corrected chi connectivity index (χ1v) is 8.55. The highest BCUT2D eigenvalue weighted by atomic mass is 32.1. The predicted octanol–water partition coefficient (Wildman–Crippen LogP) is 2.16. The minimum Gasteiger partial charge on any atom is -0.355 e. The van der Waals surface area contributed by atoms with Gasteiger partial charge in [0.2, 0.25) is 11.8 Å². The van der Waals surface area contributed by atoms with Crippen LogP contribution in [-0.4, -0.2) is 29.9 Å². The fraction of sp³-hybridized carbons (Fsp3) is 0.353. The maximum atomic E-state index is 12.3. The molecule has 1 aromatic heterocycles. The minimum atomic E-state index is -0.278. The molecule has 6 heteroatoms. The second kappa shape index (κ2) is 6.91. The third-order valence-corrected chi connectivity index (χ3v) is 4.73. The van der Waals surface area contributed by atoms with Gasteiger partial charge in [-0.1, -0.05) is 18.2 Å². The topological polar surface area (TPSA) is 62.3 Å². The molecule has 1 aliphatic heterocycles. The van der Waals surface area contributed by atoms with Crippen LogP contribution < -0.4 is 10.2 Å².